The smallest absolute Gasteiger partial charge is 0.245 e. The number of aldehydes is 1. The van der Waals surface area contributed by atoms with Gasteiger partial charge in [0, 0.05) is 12.6 Å². The van der Waals surface area contributed by atoms with Gasteiger partial charge in [0.1, 0.15) is 6.29 Å². The number of rotatable bonds is 4. The number of primary amides is 1. The summed E-state index contributed by atoms with van der Waals surface area (Å²) in [6.07, 6.45) is 2.03. The molecule has 3 rings (SSSR count). The van der Waals surface area contributed by atoms with E-state index in [-0.39, 0.29) is 6.04 Å². The maximum atomic E-state index is 11.9. The van der Waals surface area contributed by atoms with E-state index in [1.807, 2.05) is 30.0 Å². The molecule has 0 spiro atoms. The fraction of sp³-hybridized carbons (Fsp3) is 0.333. The number of likely N-dealkylation sites (tertiary alicyclic amines) is 1. The number of carbonyl (C=O) groups excluding carboxylic acids is 2. The summed E-state index contributed by atoms with van der Waals surface area (Å²) in [7, 11) is 0. The number of amides is 1. The molecule has 4 nitrogen and oxygen atoms in total. The van der Waals surface area contributed by atoms with E-state index < -0.39 is 11.4 Å². The minimum Gasteiger partial charge on any atom is -0.368 e. The van der Waals surface area contributed by atoms with Gasteiger partial charge in [0.25, 0.3) is 0 Å². The van der Waals surface area contributed by atoms with E-state index in [9.17, 15) is 9.59 Å². The van der Waals surface area contributed by atoms with Gasteiger partial charge in [-0.3, -0.25) is 9.69 Å². The Balaban J connectivity index is 2.07. The molecule has 22 heavy (non-hydrogen) atoms. The molecule has 0 radical (unpaired) electrons. The molecule has 0 aliphatic carbocycles. The number of fused-ring (bicyclic) bond motifs is 1. The number of benzene rings is 2. The fourth-order valence-corrected chi connectivity index (χ4v) is 3.63. The standard InChI is InChI=1S/C18H20N2O2/c1-13(20-11-5-10-18(20,12-21)17(19)22)15-9-4-7-14-6-2-3-8-16(14)15/h2-4,6-9,12-13H,5,10-11H2,1H3,(H2,19,22)/t13-,18?/m1/s1. The first-order valence-corrected chi connectivity index (χ1v) is 7.61. The summed E-state index contributed by atoms with van der Waals surface area (Å²) in [4.78, 5) is 25.5. The number of nitrogens with zero attached hydrogens (tertiary/aromatic N) is 1. The van der Waals surface area contributed by atoms with Crippen LogP contribution in [0.1, 0.15) is 31.4 Å². The lowest BCUT2D eigenvalue weighted by molar-refractivity contribution is -0.136. The average Bonchev–Trinajstić information content (AvgIpc) is 2.99. The maximum Gasteiger partial charge on any atom is 0.245 e. The zero-order chi connectivity index (χ0) is 15.7. The number of hydrogen-bond donors (Lipinski definition) is 1. The van der Waals surface area contributed by atoms with Crippen molar-refractivity contribution in [3.63, 3.8) is 0 Å². The Labute approximate surface area is 129 Å². The van der Waals surface area contributed by atoms with Crippen LogP contribution in [0.25, 0.3) is 10.8 Å². The Morgan fingerprint density at radius 3 is 2.73 bits per heavy atom. The lowest BCUT2D eigenvalue weighted by atomic mass is 9.92. The molecule has 2 aromatic carbocycles. The lowest BCUT2D eigenvalue weighted by Gasteiger charge is -2.36. The summed E-state index contributed by atoms with van der Waals surface area (Å²) in [5, 5.41) is 2.30. The van der Waals surface area contributed by atoms with E-state index >= 15 is 0 Å². The van der Waals surface area contributed by atoms with Gasteiger partial charge in [-0.15, -0.1) is 0 Å². The normalized spacial score (nSPS) is 23.5. The molecule has 4 heteroatoms. The topological polar surface area (TPSA) is 63.4 Å². The second kappa shape index (κ2) is 5.54. The van der Waals surface area contributed by atoms with Crippen LogP contribution in [0.3, 0.4) is 0 Å². The van der Waals surface area contributed by atoms with E-state index in [1.54, 1.807) is 0 Å². The molecule has 114 valence electrons. The molecule has 0 aromatic heterocycles. The van der Waals surface area contributed by atoms with E-state index in [4.69, 9.17) is 5.73 Å². The van der Waals surface area contributed by atoms with Gasteiger partial charge in [-0.25, -0.2) is 0 Å². The van der Waals surface area contributed by atoms with E-state index in [0.29, 0.717) is 13.0 Å². The first-order chi connectivity index (χ1) is 10.6. The van der Waals surface area contributed by atoms with Gasteiger partial charge in [0.2, 0.25) is 5.91 Å². The number of nitrogens with two attached hydrogens (primary N) is 1. The summed E-state index contributed by atoms with van der Waals surface area (Å²) in [5.41, 5.74) is 5.50. The van der Waals surface area contributed by atoms with Crippen LogP contribution in [0.5, 0.6) is 0 Å². The second-order valence-corrected chi connectivity index (χ2v) is 5.95. The summed E-state index contributed by atoms with van der Waals surface area (Å²) in [6, 6.07) is 14.2. The van der Waals surface area contributed by atoms with Crippen LogP contribution < -0.4 is 5.73 Å². The largest absolute Gasteiger partial charge is 0.368 e. The van der Waals surface area contributed by atoms with Crippen molar-refractivity contribution in [2.24, 2.45) is 5.73 Å². The lowest BCUT2D eigenvalue weighted by Crippen LogP contribution is -2.55. The molecule has 1 aliphatic heterocycles. The molecule has 1 unspecified atom stereocenters. The van der Waals surface area contributed by atoms with Crippen LogP contribution >= 0.6 is 0 Å². The Kier molecular flexibility index (Phi) is 3.71. The minimum atomic E-state index is -1.17. The van der Waals surface area contributed by atoms with Gasteiger partial charge in [-0.1, -0.05) is 42.5 Å². The highest BCUT2D eigenvalue weighted by atomic mass is 16.2. The molecule has 2 atom stereocenters. The monoisotopic (exact) mass is 296 g/mol. The Morgan fingerprint density at radius 2 is 2.00 bits per heavy atom. The average molecular weight is 296 g/mol. The molecule has 1 saturated heterocycles. The zero-order valence-corrected chi connectivity index (χ0v) is 12.7. The van der Waals surface area contributed by atoms with Crippen LogP contribution in [-0.2, 0) is 9.59 Å². The first-order valence-electron chi connectivity index (χ1n) is 7.61. The molecular formula is C18H20N2O2. The van der Waals surface area contributed by atoms with Crippen molar-refractivity contribution in [1.29, 1.82) is 0 Å². The van der Waals surface area contributed by atoms with Crippen molar-refractivity contribution >= 4 is 23.0 Å². The summed E-state index contributed by atoms with van der Waals surface area (Å²) in [5.74, 6) is -0.549. The predicted octanol–water partition coefficient (Wildman–Crippen LogP) is 2.42. The third-order valence-electron chi connectivity index (χ3n) is 4.83. The van der Waals surface area contributed by atoms with Gasteiger partial charge in [0.15, 0.2) is 5.54 Å². The van der Waals surface area contributed by atoms with Gasteiger partial charge >= 0.3 is 0 Å². The fourth-order valence-electron chi connectivity index (χ4n) is 3.63. The van der Waals surface area contributed by atoms with Gasteiger partial charge in [0.05, 0.1) is 0 Å². The van der Waals surface area contributed by atoms with Crippen molar-refractivity contribution in [3.8, 4) is 0 Å². The number of hydrogen-bond acceptors (Lipinski definition) is 3. The molecular weight excluding hydrogens is 276 g/mol. The predicted molar refractivity (Wildman–Crippen MR) is 86.3 cm³/mol. The molecule has 0 bridgehead atoms. The van der Waals surface area contributed by atoms with Crippen molar-refractivity contribution in [3.05, 3.63) is 48.0 Å². The molecule has 0 saturated carbocycles. The van der Waals surface area contributed by atoms with Gasteiger partial charge in [-0.05, 0) is 36.1 Å². The van der Waals surface area contributed by atoms with Crippen molar-refractivity contribution in [1.82, 2.24) is 4.90 Å². The quantitative estimate of drug-likeness (QED) is 0.696. The summed E-state index contributed by atoms with van der Waals surface area (Å²) < 4.78 is 0. The van der Waals surface area contributed by atoms with Crippen molar-refractivity contribution in [2.75, 3.05) is 6.54 Å². The number of carbonyl (C=O) groups is 2. The van der Waals surface area contributed by atoms with Crippen LogP contribution in [0.4, 0.5) is 0 Å². The van der Waals surface area contributed by atoms with E-state index in [0.717, 1.165) is 29.0 Å². The summed E-state index contributed by atoms with van der Waals surface area (Å²) >= 11 is 0. The van der Waals surface area contributed by atoms with Crippen LogP contribution in [0.2, 0.25) is 0 Å². The molecule has 2 N–H and O–H groups in total. The first kappa shape index (κ1) is 14.7. The van der Waals surface area contributed by atoms with Crippen LogP contribution in [0, 0.1) is 0 Å². The molecule has 1 fully saturated rings. The molecule has 2 aromatic rings. The van der Waals surface area contributed by atoms with Gasteiger partial charge < -0.3 is 10.5 Å². The van der Waals surface area contributed by atoms with Gasteiger partial charge in [-0.2, -0.15) is 0 Å². The maximum absolute atomic E-state index is 11.9. The third-order valence-corrected chi connectivity index (χ3v) is 4.83. The minimum absolute atomic E-state index is 0.0497. The Hall–Kier alpha value is -2.20. The Bertz CT molecular complexity index is 723. The second-order valence-electron chi connectivity index (χ2n) is 5.95. The molecule has 1 aliphatic rings. The highest BCUT2D eigenvalue weighted by Gasteiger charge is 2.48. The summed E-state index contributed by atoms with van der Waals surface area (Å²) in [6.45, 7) is 2.74. The van der Waals surface area contributed by atoms with Crippen LogP contribution in [-0.4, -0.2) is 29.2 Å². The van der Waals surface area contributed by atoms with Crippen LogP contribution in [0.15, 0.2) is 42.5 Å². The van der Waals surface area contributed by atoms with Crippen molar-refractivity contribution in [2.45, 2.75) is 31.3 Å². The van der Waals surface area contributed by atoms with E-state index in [2.05, 4.69) is 24.3 Å². The zero-order valence-electron chi connectivity index (χ0n) is 12.7. The molecule has 1 heterocycles. The highest BCUT2D eigenvalue weighted by Crippen LogP contribution is 2.37. The Morgan fingerprint density at radius 1 is 1.27 bits per heavy atom. The SMILES string of the molecule is C[C@H](c1cccc2ccccc12)N1CCCC1(C=O)C(N)=O. The molecule has 1 amide bonds. The third kappa shape index (κ3) is 2.11. The highest BCUT2D eigenvalue weighted by molar-refractivity contribution is 6.01. The van der Waals surface area contributed by atoms with E-state index in [1.165, 1.54) is 0 Å². The van der Waals surface area contributed by atoms with Crippen molar-refractivity contribution < 1.29 is 9.59 Å².